The summed E-state index contributed by atoms with van der Waals surface area (Å²) >= 11 is 3.53. The van der Waals surface area contributed by atoms with Crippen LogP contribution in [0, 0.1) is 6.92 Å². The monoisotopic (exact) mass is 366 g/mol. The highest BCUT2D eigenvalue weighted by atomic mass is 79.9. The standard InChI is InChI=1S/C16H23BrN4O/c1-5-13-14(16(22)18-7-6-8-20(3)4)21-10-11(2)9-12(17)15(21)19-13/h9-10H,5-8H2,1-4H3,(H,18,22). The molecule has 0 bridgehead atoms. The molecule has 0 radical (unpaired) electrons. The number of imidazole rings is 1. The minimum Gasteiger partial charge on any atom is -0.351 e. The van der Waals surface area contributed by atoms with Crippen LogP contribution in [0.5, 0.6) is 0 Å². The maximum absolute atomic E-state index is 12.6. The maximum atomic E-state index is 12.6. The second-order valence-electron chi connectivity index (χ2n) is 5.73. The van der Waals surface area contributed by atoms with Gasteiger partial charge in [-0.25, -0.2) is 4.98 Å². The molecule has 1 N–H and O–H groups in total. The van der Waals surface area contributed by atoms with E-state index in [2.05, 4.69) is 31.1 Å². The lowest BCUT2D eigenvalue weighted by Crippen LogP contribution is -2.28. The molecule has 0 saturated carbocycles. The van der Waals surface area contributed by atoms with Gasteiger partial charge < -0.3 is 10.2 Å². The van der Waals surface area contributed by atoms with Crippen molar-refractivity contribution in [1.82, 2.24) is 19.6 Å². The van der Waals surface area contributed by atoms with E-state index in [1.165, 1.54) is 0 Å². The van der Waals surface area contributed by atoms with E-state index in [1.54, 1.807) is 0 Å². The van der Waals surface area contributed by atoms with E-state index < -0.39 is 0 Å². The van der Waals surface area contributed by atoms with E-state index in [0.717, 1.165) is 40.8 Å². The third-order valence-electron chi connectivity index (χ3n) is 3.50. The number of halogens is 1. The summed E-state index contributed by atoms with van der Waals surface area (Å²) < 4.78 is 2.80. The first-order valence-electron chi connectivity index (χ1n) is 7.54. The summed E-state index contributed by atoms with van der Waals surface area (Å²) in [5.41, 5.74) is 3.35. The molecule has 1 amide bonds. The predicted octanol–water partition coefficient (Wildman–Crippen LogP) is 2.65. The molecule has 22 heavy (non-hydrogen) atoms. The van der Waals surface area contributed by atoms with E-state index in [4.69, 9.17) is 0 Å². The van der Waals surface area contributed by atoms with Crippen LogP contribution in [0.25, 0.3) is 5.65 Å². The molecule has 2 heterocycles. The Kier molecular flexibility index (Phi) is 5.58. The van der Waals surface area contributed by atoms with Crippen LogP contribution >= 0.6 is 15.9 Å². The Morgan fingerprint density at radius 1 is 1.45 bits per heavy atom. The summed E-state index contributed by atoms with van der Waals surface area (Å²) in [6, 6.07) is 2.01. The highest BCUT2D eigenvalue weighted by Gasteiger charge is 2.19. The lowest BCUT2D eigenvalue weighted by atomic mass is 10.2. The van der Waals surface area contributed by atoms with Crippen molar-refractivity contribution < 1.29 is 4.79 Å². The summed E-state index contributed by atoms with van der Waals surface area (Å²) in [6.45, 7) is 5.65. The molecule has 0 atom stereocenters. The van der Waals surface area contributed by atoms with Gasteiger partial charge in [0.15, 0.2) is 5.65 Å². The second kappa shape index (κ2) is 7.24. The summed E-state index contributed by atoms with van der Waals surface area (Å²) in [7, 11) is 4.06. The average molecular weight is 367 g/mol. The van der Waals surface area contributed by atoms with E-state index >= 15 is 0 Å². The Balaban J connectivity index is 2.27. The van der Waals surface area contributed by atoms with Gasteiger partial charge in [-0.1, -0.05) is 6.92 Å². The third kappa shape index (κ3) is 3.67. The summed E-state index contributed by atoms with van der Waals surface area (Å²) in [4.78, 5) is 19.3. The van der Waals surface area contributed by atoms with Crippen molar-refractivity contribution in [1.29, 1.82) is 0 Å². The molecule has 2 aromatic heterocycles. The van der Waals surface area contributed by atoms with Crippen LogP contribution in [-0.4, -0.2) is 47.4 Å². The largest absolute Gasteiger partial charge is 0.351 e. The molecule has 0 fully saturated rings. The Morgan fingerprint density at radius 3 is 2.82 bits per heavy atom. The lowest BCUT2D eigenvalue weighted by molar-refractivity contribution is 0.0945. The zero-order chi connectivity index (χ0) is 16.3. The minimum absolute atomic E-state index is 0.0550. The number of nitrogens with zero attached hydrogens (tertiary/aromatic N) is 3. The van der Waals surface area contributed by atoms with Gasteiger partial charge in [0.1, 0.15) is 5.69 Å². The van der Waals surface area contributed by atoms with Gasteiger partial charge in [0.25, 0.3) is 5.91 Å². The smallest absolute Gasteiger partial charge is 0.270 e. The normalized spacial score (nSPS) is 11.4. The first-order chi connectivity index (χ1) is 10.4. The minimum atomic E-state index is -0.0550. The molecule has 5 nitrogen and oxygen atoms in total. The van der Waals surface area contributed by atoms with Gasteiger partial charge in [0.05, 0.1) is 10.2 Å². The van der Waals surface area contributed by atoms with Gasteiger partial charge in [-0.15, -0.1) is 0 Å². The zero-order valence-corrected chi connectivity index (χ0v) is 15.2. The number of carbonyl (C=O) groups is 1. The lowest BCUT2D eigenvalue weighted by Gasteiger charge is -2.10. The maximum Gasteiger partial charge on any atom is 0.270 e. The first kappa shape index (κ1) is 17.0. The summed E-state index contributed by atoms with van der Waals surface area (Å²) in [5.74, 6) is -0.0550. The quantitative estimate of drug-likeness (QED) is 0.799. The molecule has 0 aliphatic heterocycles. The number of aromatic nitrogens is 2. The van der Waals surface area contributed by atoms with Crippen LogP contribution in [0.2, 0.25) is 0 Å². The predicted molar refractivity (Wildman–Crippen MR) is 92.5 cm³/mol. The van der Waals surface area contributed by atoms with Crippen molar-refractivity contribution in [2.45, 2.75) is 26.7 Å². The fourth-order valence-electron chi connectivity index (χ4n) is 2.45. The Bertz CT molecular complexity index is 678. The van der Waals surface area contributed by atoms with Crippen LogP contribution in [0.4, 0.5) is 0 Å². The SMILES string of the molecule is CCc1nc2c(Br)cc(C)cn2c1C(=O)NCCCN(C)C. The van der Waals surface area contributed by atoms with Gasteiger partial charge in [-0.2, -0.15) is 0 Å². The number of carbonyl (C=O) groups excluding carboxylic acids is 1. The fraction of sp³-hybridized carbons (Fsp3) is 0.500. The highest BCUT2D eigenvalue weighted by Crippen LogP contribution is 2.22. The molecule has 2 rings (SSSR count). The average Bonchev–Trinajstić information content (AvgIpc) is 2.82. The second-order valence-corrected chi connectivity index (χ2v) is 6.59. The van der Waals surface area contributed by atoms with E-state index in [1.807, 2.05) is 44.6 Å². The topological polar surface area (TPSA) is 49.6 Å². The number of amides is 1. The van der Waals surface area contributed by atoms with Crippen LogP contribution in [0.3, 0.4) is 0 Å². The van der Waals surface area contributed by atoms with Gasteiger partial charge in [0, 0.05) is 12.7 Å². The molecule has 6 heteroatoms. The Morgan fingerprint density at radius 2 is 2.18 bits per heavy atom. The molecule has 0 aliphatic rings. The molecule has 0 aromatic carbocycles. The number of fused-ring (bicyclic) bond motifs is 1. The molecule has 0 unspecified atom stereocenters. The van der Waals surface area contributed by atoms with Crippen molar-refractivity contribution in [2.75, 3.05) is 27.2 Å². The van der Waals surface area contributed by atoms with Crippen molar-refractivity contribution in [3.8, 4) is 0 Å². The Hall–Kier alpha value is -1.40. The number of hydrogen-bond acceptors (Lipinski definition) is 3. The van der Waals surface area contributed by atoms with E-state index in [-0.39, 0.29) is 5.91 Å². The van der Waals surface area contributed by atoms with Crippen molar-refractivity contribution >= 4 is 27.5 Å². The molecule has 2 aromatic rings. The summed E-state index contributed by atoms with van der Waals surface area (Å²) in [5, 5.41) is 3.00. The van der Waals surface area contributed by atoms with Crippen LogP contribution in [0.15, 0.2) is 16.7 Å². The van der Waals surface area contributed by atoms with E-state index in [0.29, 0.717) is 12.2 Å². The van der Waals surface area contributed by atoms with Gasteiger partial charge in [-0.05, 0) is 68.0 Å². The van der Waals surface area contributed by atoms with Crippen LogP contribution < -0.4 is 5.32 Å². The highest BCUT2D eigenvalue weighted by molar-refractivity contribution is 9.10. The molecule has 0 saturated heterocycles. The molecule has 120 valence electrons. The van der Waals surface area contributed by atoms with Gasteiger partial charge in [0.2, 0.25) is 0 Å². The molecular formula is C16H23BrN4O. The molecular weight excluding hydrogens is 344 g/mol. The molecule has 0 spiro atoms. The van der Waals surface area contributed by atoms with Crippen molar-refractivity contribution in [3.63, 3.8) is 0 Å². The number of nitrogens with one attached hydrogen (secondary N) is 1. The molecule has 0 aliphatic carbocycles. The van der Waals surface area contributed by atoms with Crippen LogP contribution in [-0.2, 0) is 6.42 Å². The zero-order valence-electron chi connectivity index (χ0n) is 13.6. The summed E-state index contributed by atoms with van der Waals surface area (Å²) in [6.07, 6.45) is 3.62. The van der Waals surface area contributed by atoms with Crippen LogP contribution in [0.1, 0.15) is 35.1 Å². The van der Waals surface area contributed by atoms with Crippen molar-refractivity contribution in [3.05, 3.63) is 33.7 Å². The fourth-order valence-corrected chi connectivity index (χ4v) is 3.09. The van der Waals surface area contributed by atoms with Gasteiger partial charge >= 0.3 is 0 Å². The first-order valence-corrected chi connectivity index (χ1v) is 8.33. The Labute approximate surface area is 139 Å². The number of aryl methyl sites for hydroxylation is 2. The van der Waals surface area contributed by atoms with Crippen molar-refractivity contribution in [2.24, 2.45) is 0 Å². The van der Waals surface area contributed by atoms with Gasteiger partial charge in [-0.3, -0.25) is 9.20 Å². The van der Waals surface area contributed by atoms with E-state index in [9.17, 15) is 4.79 Å². The third-order valence-corrected chi connectivity index (χ3v) is 4.09. The number of rotatable bonds is 6. The number of pyridine rings is 1. The number of hydrogen-bond donors (Lipinski definition) is 1.